The van der Waals surface area contributed by atoms with Crippen molar-refractivity contribution in [2.45, 2.75) is 35.4 Å². The molecular formula is C38H44N6O9S. The average Bonchev–Trinajstić information content (AvgIpc) is 3.44. The number of hydrogen-bond donors (Lipinski definition) is 1. The first-order valence-electron chi connectivity index (χ1n) is 17.8. The molecule has 3 saturated heterocycles. The molecule has 3 amide bonds. The van der Waals surface area contributed by atoms with E-state index in [1.807, 2.05) is 0 Å². The number of ether oxygens (including phenoxy) is 5. The van der Waals surface area contributed by atoms with Crippen molar-refractivity contribution in [3.05, 3.63) is 71.3 Å². The fourth-order valence-corrected chi connectivity index (χ4v) is 9.60. The van der Waals surface area contributed by atoms with Crippen molar-refractivity contribution in [2.75, 3.05) is 85.2 Å². The number of methoxy groups -OCH3 is 4. The predicted octanol–water partition coefficient (Wildman–Crippen LogP) is 2.76. The largest absolute Gasteiger partial charge is 0.497 e. The molecule has 1 N–H and O–H groups in total. The summed E-state index contributed by atoms with van der Waals surface area (Å²) in [5, 5.41) is 13.0. The van der Waals surface area contributed by atoms with Gasteiger partial charge in [-0.3, -0.25) is 14.6 Å². The summed E-state index contributed by atoms with van der Waals surface area (Å²) >= 11 is 0. The van der Waals surface area contributed by atoms with Crippen LogP contribution in [0.3, 0.4) is 0 Å². The molecule has 3 aromatic carbocycles. The van der Waals surface area contributed by atoms with Gasteiger partial charge in [0.1, 0.15) is 27.9 Å². The second kappa shape index (κ2) is 15.0. The van der Waals surface area contributed by atoms with Gasteiger partial charge >= 0.3 is 6.03 Å². The monoisotopic (exact) mass is 760 g/mol. The lowest BCUT2D eigenvalue weighted by Crippen LogP contribution is -2.67. The first-order chi connectivity index (χ1) is 26.1. The summed E-state index contributed by atoms with van der Waals surface area (Å²) in [6, 6.07) is 15.3. The van der Waals surface area contributed by atoms with E-state index >= 15 is 4.79 Å². The maximum absolute atomic E-state index is 15.3. The Morgan fingerprint density at radius 2 is 1.46 bits per heavy atom. The van der Waals surface area contributed by atoms with Crippen LogP contribution in [0.5, 0.6) is 23.0 Å². The number of nitrogens with one attached hydrogen (secondary N) is 1. The topological polar surface area (TPSA) is 163 Å². The Balaban J connectivity index is 1.25. The van der Waals surface area contributed by atoms with Crippen LogP contribution in [0.2, 0.25) is 0 Å². The Labute approximate surface area is 314 Å². The molecule has 7 rings (SSSR count). The van der Waals surface area contributed by atoms with Crippen molar-refractivity contribution in [2.24, 2.45) is 0 Å². The third-order valence-electron chi connectivity index (χ3n) is 11.0. The van der Waals surface area contributed by atoms with Gasteiger partial charge in [-0.2, -0.15) is 9.57 Å². The summed E-state index contributed by atoms with van der Waals surface area (Å²) in [5.41, 5.74) is -1.88. The molecule has 3 fully saturated rings. The summed E-state index contributed by atoms with van der Waals surface area (Å²) < 4.78 is 57.6. The Morgan fingerprint density at radius 3 is 2.11 bits per heavy atom. The Bertz CT molecular complexity index is 2070. The maximum Gasteiger partial charge on any atom is 0.318 e. The van der Waals surface area contributed by atoms with Crippen molar-refractivity contribution in [3.8, 4) is 29.1 Å². The average molecular weight is 761 g/mol. The third kappa shape index (κ3) is 6.34. The number of benzene rings is 3. The molecule has 0 aromatic heterocycles. The van der Waals surface area contributed by atoms with Crippen LogP contribution in [-0.4, -0.2) is 128 Å². The second-order valence-corrected chi connectivity index (χ2v) is 15.4. The van der Waals surface area contributed by atoms with Gasteiger partial charge in [-0.15, -0.1) is 0 Å². The number of piperidine rings is 1. The number of rotatable bonds is 10. The highest BCUT2D eigenvalue weighted by Crippen LogP contribution is 2.51. The van der Waals surface area contributed by atoms with Crippen molar-refractivity contribution in [3.63, 3.8) is 0 Å². The van der Waals surface area contributed by atoms with Crippen LogP contribution in [-0.2, 0) is 25.1 Å². The van der Waals surface area contributed by atoms with Crippen LogP contribution in [0.25, 0.3) is 0 Å². The first kappa shape index (κ1) is 37.2. The van der Waals surface area contributed by atoms with Gasteiger partial charge in [0.05, 0.1) is 59.0 Å². The zero-order chi connectivity index (χ0) is 38.2. The fourth-order valence-electron chi connectivity index (χ4n) is 7.99. The molecular weight excluding hydrogens is 717 g/mol. The molecule has 4 aliphatic rings. The van der Waals surface area contributed by atoms with Crippen molar-refractivity contribution >= 4 is 27.6 Å². The van der Waals surface area contributed by atoms with Gasteiger partial charge in [-0.25, -0.2) is 13.2 Å². The van der Waals surface area contributed by atoms with Crippen LogP contribution in [0.1, 0.15) is 29.5 Å². The second-order valence-electron chi connectivity index (χ2n) is 13.7. The van der Waals surface area contributed by atoms with E-state index in [-0.39, 0.29) is 44.8 Å². The van der Waals surface area contributed by atoms with Crippen LogP contribution in [0, 0.1) is 11.3 Å². The minimum atomic E-state index is -4.72. The van der Waals surface area contributed by atoms with E-state index < -0.39 is 27.5 Å². The quantitative estimate of drug-likeness (QED) is 0.322. The minimum absolute atomic E-state index is 0.0494. The molecule has 0 aliphatic carbocycles. The van der Waals surface area contributed by atoms with Gasteiger partial charge < -0.3 is 33.9 Å². The van der Waals surface area contributed by atoms with E-state index in [9.17, 15) is 18.5 Å². The number of likely N-dealkylation sites (tertiary alicyclic amines) is 2. The van der Waals surface area contributed by atoms with Gasteiger partial charge in [0, 0.05) is 68.5 Å². The number of anilines is 1. The summed E-state index contributed by atoms with van der Waals surface area (Å²) in [5.74, 6) is -0.211. The van der Waals surface area contributed by atoms with E-state index in [0.29, 0.717) is 34.9 Å². The van der Waals surface area contributed by atoms with Crippen molar-refractivity contribution < 1.29 is 41.7 Å². The lowest BCUT2D eigenvalue weighted by atomic mass is 9.82. The summed E-state index contributed by atoms with van der Waals surface area (Å²) in [6.45, 7) is 6.10. The first-order valence-corrected chi connectivity index (χ1v) is 19.3. The lowest BCUT2D eigenvalue weighted by Gasteiger charge is -2.49. The summed E-state index contributed by atoms with van der Waals surface area (Å²) in [7, 11) is 0.883. The Morgan fingerprint density at radius 1 is 0.815 bits per heavy atom. The molecule has 1 atom stereocenters. The number of hydrogen-bond acceptors (Lipinski definition) is 12. The highest BCUT2D eigenvalue weighted by molar-refractivity contribution is 7.93. The van der Waals surface area contributed by atoms with E-state index in [1.165, 1.54) is 70.9 Å². The number of carbonyl (C=O) groups is 2. The maximum atomic E-state index is 15.3. The normalized spacial score (nSPS) is 21.2. The Hall–Kier alpha value is -5.08. The van der Waals surface area contributed by atoms with E-state index in [1.54, 1.807) is 17.0 Å². The molecule has 4 aliphatic heterocycles. The highest BCUT2D eigenvalue weighted by atomic mass is 32.2. The van der Waals surface area contributed by atoms with Crippen LogP contribution in [0.15, 0.2) is 59.5 Å². The smallest absolute Gasteiger partial charge is 0.318 e. The molecule has 0 bridgehead atoms. The predicted molar refractivity (Wildman–Crippen MR) is 197 cm³/mol. The van der Waals surface area contributed by atoms with Gasteiger partial charge in [0.15, 0.2) is 5.54 Å². The summed E-state index contributed by atoms with van der Waals surface area (Å²) in [6.07, 6.45) is 2.08. The number of sulfonamides is 1. The Kier molecular flexibility index (Phi) is 10.3. The number of nitrogens with zero attached hydrogens (tertiary/aromatic N) is 5. The number of nitriles is 1. The van der Waals surface area contributed by atoms with Gasteiger partial charge in [0.2, 0.25) is 0 Å². The number of urea groups is 1. The third-order valence-corrected chi connectivity index (χ3v) is 12.7. The highest BCUT2D eigenvalue weighted by Gasteiger charge is 2.59. The zero-order valence-electron chi connectivity index (χ0n) is 30.7. The molecule has 54 heavy (non-hydrogen) atoms. The van der Waals surface area contributed by atoms with Crippen molar-refractivity contribution in [1.29, 1.82) is 5.26 Å². The summed E-state index contributed by atoms with van der Waals surface area (Å²) in [4.78, 5) is 35.9. The molecule has 0 radical (unpaired) electrons. The number of carbonyl (C=O) groups excluding carboxylic acids is 2. The van der Waals surface area contributed by atoms with Crippen LogP contribution < -0.4 is 28.6 Å². The number of morpholine rings is 1. The molecule has 15 nitrogen and oxygen atoms in total. The molecule has 3 aromatic rings. The zero-order valence-corrected chi connectivity index (χ0v) is 31.6. The van der Waals surface area contributed by atoms with Gasteiger partial charge in [-0.1, -0.05) is 0 Å². The number of amides is 3. The van der Waals surface area contributed by atoms with Gasteiger partial charge in [0.25, 0.3) is 15.9 Å². The van der Waals surface area contributed by atoms with E-state index in [0.717, 1.165) is 52.2 Å². The molecule has 0 spiro atoms. The molecule has 16 heteroatoms. The van der Waals surface area contributed by atoms with Crippen LogP contribution >= 0.6 is 0 Å². The van der Waals surface area contributed by atoms with E-state index in [4.69, 9.17) is 23.7 Å². The fraction of sp³-hybridized carbons (Fsp3) is 0.447. The molecule has 4 heterocycles. The number of fused-ring (bicyclic) bond motifs is 1. The molecule has 0 saturated carbocycles. The minimum Gasteiger partial charge on any atom is -0.497 e. The van der Waals surface area contributed by atoms with Gasteiger partial charge in [-0.05, 0) is 61.4 Å². The lowest BCUT2D eigenvalue weighted by molar-refractivity contribution is -0.121. The molecule has 1 unspecified atom stereocenters. The van der Waals surface area contributed by atoms with Crippen molar-refractivity contribution in [1.82, 2.24) is 20.0 Å². The SMILES string of the molecule is COc1ccc(S(=O)(=O)N2C(=O)C(NC(=O)N3CC(N4CCC(N5CCOCC5)CC4)C3)(c3cc(OC)ccc3OC)c3cc(C#N)ccc32)c(OC)c1. The van der Waals surface area contributed by atoms with Crippen LogP contribution in [0.4, 0.5) is 10.5 Å². The van der Waals surface area contributed by atoms with E-state index in [2.05, 4.69) is 21.2 Å². The molecule has 286 valence electrons. The standard InChI is InChI=1S/C38H44N6O9S/c1-49-28-6-9-33(51-3)31(20-28)38(40-37(46)43-23-27(24-43)41-13-11-26(12-14-41)42-15-17-53-18-16-42)30-19-25(22-39)5-8-32(30)44(36(38)45)54(47,48)35-10-7-29(50-2)21-34(35)52-4/h5-10,19-21,26-27H,11-18,23-24H2,1-4H3,(H,40,46).